The lowest BCUT2D eigenvalue weighted by molar-refractivity contribution is -1.09. The molecule has 15 heavy (non-hydrogen) atoms. The zero-order valence-corrected chi connectivity index (χ0v) is 10.1. The van der Waals surface area contributed by atoms with Crippen molar-refractivity contribution < 1.29 is 14.3 Å². The van der Waals surface area contributed by atoms with Crippen molar-refractivity contribution in [2.24, 2.45) is 0 Å². The maximum absolute atomic E-state index is 2.55. The summed E-state index contributed by atoms with van der Waals surface area (Å²) < 4.78 is 2.86. The monoisotopic (exact) mass is 212 g/mol. The summed E-state index contributed by atoms with van der Waals surface area (Å²) in [5, 5.41) is 2.55. The fourth-order valence-corrected chi connectivity index (χ4v) is 3.96. The van der Waals surface area contributed by atoms with E-state index in [9.17, 15) is 0 Å². The van der Waals surface area contributed by atoms with Crippen molar-refractivity contribution in [3.63, 3.8) is 0 Å². The second-order valence-corrected chi connectivity index (χ2v) is 6.29. The molecule has 1 unspecified atom stereocenters. The number of likely N-dealkylation sites (N-methyl/N-ethyl adjacent to an activating group) is 1. The number of nitrogens with two attached hydrogens (primary N) is 1. The molecule has 3 heteroatoms. The minimum Gasteiger partial charge on any atom is -0.341 e. The van der Waals surface area contributed by atoms with Crippen molar-refractivity contribution in [1.29, 1.82) is 0 Å². The van der Waals surface area contributed by atoms with E-state index in [4.69, 9.17) is 0 Å². The van der Waals surface area contributed by atoms with Crippen LogP contribution in [0.25, 0.3) is 0 Å². The molecule has 86 valence electrons. The number of hydrogen-bond acceptors (Lipinski definition) is 0. The van der Waals surface area contributed by atoms with Gasteiger partial charge in [0.2, 0.25) is 0 Å². The molecule has 2 N–H and O–H groups in total. The van der Waals surface area contributed by atoms with Gasteiger partial charge in [-0.2, -0.15) is 0 Å². The highest BCUT2D eigenvalue weighted by molar-refractivity contribution is 4.69. The Hall–Kier alpha value is -0.120. The molecule has 0 aromatic carbocycles. The molecule has 4 aliphatic rings. The zero-order chi connectivity index (χ0) is 10.4. The molecule has 0 amide bonds. The number of nitrogens with zero attached hydrogens (tertiary/aromatic N) is 2. The molecule has 4 rings (SSSR count). The van der Waals surface area contributed by atoms with Gasteiger partial charge < -0.3 is 14.3 Å². The average Bonchev–Trinajstić information content (AvgIpc) is 2.32. The predicted molar refractivity (Wildman–Crippen MR) is 60.3 cm³/mol. The first-order valence-corrected chi connectivity index (χ1v) is 6.74. The molecule has 4 aliphatic heterocycles. The van der Waals surface area contributed by atoms with Gasteiger partial charge in [-0.25, -0.2) is 0 Å². The Morgan fingerprint density at radius 3 is 2.20 bits per heavy atom. The van der Waals surface area contributed by atoms with E-state index in [1.54, 1.807) is 0 Å². The van der Waals surface area contributed by atoms with Crippen molar-refractivity contribution in [3.05, 3.63) is 0 Å². The van der Waals surface area contributed by atoms with E-state index >= 15 is 0 Å². The highest BCUT2D eigenvalue weighted by Crippen LogP contribution is 2.29. The zero-order valence-electron chi connectivity index (χ0n) is 10.1. The second-order valence-electron chi connectivity index (χ2n) is 6.29. The van der Waals surface area contributed by atoms with Crippen molar-refractivity contribution in [3.8, 4) is 0 Å². The first-order valence-electron chi connectivity index (χ1n) is 6.74. The molecule has 2 bridgehead atoms. The summed E-state index contributed by atoms with van der Waals surface area (Å²) >= 11 is 0. The minimum atomic E-state index is 0.993. The largest absolute Gasteiger partial charge is 0.341 e. The molecule has 4 saturated heterocycles. The van der Waals surface area contributed by atoms with Crippen molar-refractivity contribution in [2.45, 2.75) is 18.9 Å². The maximum Gasteiger partial charge on any atom is 0.139 e. The number of fused-ring (bicyclic) bond motifs is 3. The second kappa shape index (κ2) is 3.44. The van der Waals surface area contributed by atoms with E-state index in [2.05, 4.69) is 12.4 Å². The molecular formula is C12H26N3+3. The molecular weight excluding hydrogens is 186 g/mol. The highest BCUT2D eigenvalue weighted by Gasteiger charge is 2.51. The van der Waals surface area contributed by atoms with Gasteiger partial charge in [0.1, 0.15) is 51.9 Å². The first kappa shape index (κ1) is 10.1. The van der Waals surface area contributed by atoms with Crippen LogP contribution in [-0.4, -0.2) is 74.4 Å². The van der Waals surface area contributed by atoms with Crippen LogP contribution >= 0.6 is 0 Å². The molecule has 0 saturated carbocycles. The Kier molecular flexibility index (Phi) is 2.31. The third-order valence-electron chi connectivity index (χ3n) is 5.41. The summed E-state index contributed by atoms with van der Waals surface area (Å²) in [6.45, 7) is 11.5. The summed E-state index contributed by atoms with van der Waals surface area (Å²) in [6.07, 6.45) is 2.96. The Bertz CT molecular complexity index is 221. The first-order chi connectivity index (χ1) is 7.23. The lowest BCUT2D eigenvalue weighted by Crippen LogP contribution is -2.92. The van der Waals surface area contributed by atoms with Gasteiger partial charge >= 0.3 is 0 Å². The van der Waals surface area contributed by atoms with Crippen LogP contribution in [0.2, 0.25) is 0 Å². The highest BCUT2D eigenvalue weighted by atomic mass is 15.5. The molecule has 0 aromatic heterocycles. The molecule has 3 nitrogen and oxygen atoms in total. The summed E-state index contributed by atoms with van der Waals surface area (Å²) in [5.41, 5.74) is 0. The fourth-order valence-electron chi connectivity index (χ4n) is 3.96. The van der Waals surface area contributed by atoms with Crippen molar-refractivity contribution >= 4 is 0 Å². The van der Waals surface area contributed by atoms with Gasteiger partial charge in [0.25, 0.3) is 0 Å². The Morgan fingerprint density at radius 2 is 1.67 bits per heavy atom. The van der Waals surface area contributed by atoms with Crippen LogP contribution in [0, 0.1) is 0 Å². The van der Waals surface area contributed by atoms with Crippen molar-refractivity contribution in [1.82, 2.24) is 0 Å². The number of piperidine rings is 1. The minimum absolute atomic E-state index is 0.993. The SMILES string of the molecule is C[N+]12CC[N+](C3CCC[NH2+]C3)(CC1)CC2. The Labute approximate surface area is 93.2 Å². The van der Waals surface area contributed by atoms with Crippen LogP contribution in [0.3, 0.4) is 0 Å². The van der Waals surface area contributed by atoms with Crippen LogP contribution in [0.1, 0.15) is 12.8 Å². The third-order valence-corrected chi connectivity index (χ3v) is 5.41. The average molecular weight is 212 g/mol. The van der Waals surface area contributed by atoms with E-state index in [1.165, 1.54) is 74.2 Å². The lowest BCUT2D eigenvalue weighted by atomic mass is 9.97. The number of piperazine rings is 3. The number of quaternary nitrogens is 3. The summed E-state index contributed by atoms with van der Waals surface area (Å²) in [7, 11) is 2.46. The van der Waals surface area contributed by atoms with Crippen LogP contribution in [0.5, 0.6) is 0 Å². The molecule has 0 aromatic rings. The smallest absolute Gasteiger partial charge is 0.139 e. The van der Waals surface area contributed by atoms with Crippen molar-refractivity contribution in [2.75, 3.05) is 59.4 Å². The van der Waals surface area contributed by atoms with E-state index < -0.39 is 0 Å². The number of hydrogen-bond donors (Lipinski definition) is 1. The van der Waals surface area contributed by atoms with Gasteiger partial charge in [0.05, 0.1) is 13.6 Å². The summed E-state index contributed by atoms with van der Waals surface area (Å²) in [6, 6.07) is 0.993. The standard InChI is InChI=1S/C12H25N3/c1-14-5-8-15(9-6-14,10-7-14)12-3-2-4-13-11-12/h12-13H,2-11H2,1H3/q+2/p+1. The molecule has 0 radical (unpaired) electrons. The van der Waals surface area contributed by atoms with E-state index in [0.717, 1.165) is 6.04 Å². The maximum atomic E-state index is 2.55. The van der Waals surface area contributed by atoms with E-state index in [-0.39, 0.29) is 0 Å². The van der Waals surface area contributed by atoms with Crippen LogP contribution < -0.4 is 5.32 Å². The van der Waals surface area contributed by atoms with E-state index in [1.807, 2.05) is 0 Å². The topological polar surface area (TPSA) is 16.6 Å². The van der Waals surface area contributed by atoms with Crippen LogP contribution in [0.4, 0.5) is 0 Å². The quantitative estimate of drug-likeness (QED) is 0.537. The van der Waals surface area contributed by atoms with Gasteiger partial charge in [-0.15, -0.1) is 0 Å². The van der Waals surface area contributed by atoms with Gasteiger partial charge in [-0.3, -0.25) is 0 Å². The van der Waals surface area contributed by atoms with E-state index in [0.29, 0.717) is 0 Å². The lowest BCUT2D eigenvalue weighted by Gasteiger charge is -2.57. The van der Waals surface area contributed by atoms with Crippen LogP contribution in [0.15, 0.2) is 0 Å². The molecule has 0 aliphatic carbocycles. The number of rotatable bonds is 1. The normalized spacial score (nSPS) is 50.6. The van der Waals surface area contributed by atoms with Gasteiger partial charge in [-0.1, -0.05) is 0 Å². The summed E-state index contributed by atoms with van der Waals surface area (Å²) in [5.74, 6) is 0. The van der Waals surface area contributed by atoms with Gasteiger partial charge in [0, 0.05) is 12.8 Å². The van der Waals surface area contributed by atoms with Gasteiger partial charge in [0.15, 0.2) is 0 Å². The van der Waals surface area contributed by atoms with Gasteiger partial charge in [-0.05, 0) is 0 Å². The molecule has 1 atom stereocenters. The summed E-state index contributed by atoms with van der Waals surface area (Å²) in [4.78, 5) is 0. The van der Waals surface area contributed by atoms with Crippen LogP contribution in [-0.2, 0) is 0 Å². The fraction of sp³-hybridized carbons (Fsp3) is 1.00. The molecule has 4 fully saturated rings. The molecule has 4 heterocycles. The third kappa shape index (κ3) is 1.61. The Balaban J connectivity index is 1.74. The molecule has 0 spiro atoms. The predicted octanol–water partition coefficient (Wildman–Crippen LogP) is -0.997. The Morgan fingerprint density at radius 1 is 1.00 bits per heavy atom.